The molecule has 0 unspecified atom stereocenters. The maximum Gasteiger partial charge on any atom is 0.488 e. The van der Waals surface area contributed by atoms with Gasteiger partial charge in [0.25, 0.3) is 5.56 Å². The highest BCUT2D eigenvalue weighted by Gasteiger charge is 2.29. The lowest BCUT2D eigenvalue weighted by molar-refractivity contribution is 0.0695. The molecule has 0 bridgehead atoms. The zero-order chi connectivity index (χ0) is 19.6. The number of nitrogens with two attached hydrogens (primary N) is 1. The topological polar surface area (TPSA) is 183 Å². The van der Waals surface area contributed by atoms with Gasteiger partial charge >= 0.3 is 19.1 Å². The molecule has 136 valence electrons. The van der Waals surface area contributed by atoms with E-state index in [1.54, 1.807) is 6.92 Å². The molecule has 0 fully saturated rings. The van der Waals surface area contributed by atoms with E-state index in [0.29, 0.717) is 0 Å². The molecule has 0 amide bonds. The van der Waals surface area contributed by atoms with Crippen molar-refractivity contribution in [2.24, 2.45) is 0 Å². The number of hydrogen-bond acceptors (Lipinski definition) is 7. The van der Waals surface area contributed by atoms with E-state index in [0.717, 1.165) is 6.07 Å². The molecule has 0 aliphatic carbocycles. The highest BCUT2D eigenvalue weighted by Crippen LogP contribution is 2.35. The second kappa shape index (κ2) is 7.29. The molecule has 0 saturated carbocycles. The molecule has 11 heteroatoms. The molecule has 26 heavy (non-hydrogen) atoms. The largest absolute Gasteiger partial charge is 0.493 e. The van der Waals surface area contributed by atoms with Crippen molar-refractivity contribution in [2.75, 3.05) is 12.3 Å². The number of hydrogen-bond donors (Lipinski definition) is 6. The molecule has 0 aliphatic rings. The first kappa shape index (κ1) is 19.0. The first-order valence-electron chi connectivity index (χ1n) is 7.34. The zero-order valence-corrected chi connectivity index (χ0v) is 13.5. The third-order valence-electron chi connectivity index (χ3n) is 3.54. The Morgan fingerprint density at radius 2 is 1.81 bits per heavy atom. The molecule has 0 radical (unpaired) electrons. The Balaban J connectivity index is 3.03. The summed E-state index contributed by atoms with van der Waals surface area (Å²) < 4.78 is 5.37. The summed E-state index contributed by atoms with van der Waals surface area (Å²) in [5, 5.41) is 37.6. The fourth-order valence-corrected chi connectivity index (χ4v) is 2.50. The van der Waals surface area contributed by atoms with Crippen LogP contribution in [0.3, 0.4) is 0 Å². The molecule has 1 aromatic carbocycles. The maximum absolute atomic E-state index is 12.1. The van der Waals surface area contributed by atoms with Gasteiger partial charge in [-0.3, -0.25) is 4.79 Å². The van der Waals surface area contributed by atoms with Gasteiger partial charge in [-0.2, -0.15) is 0 Å². The van der Waals surface area contributed by atoms with Gasteiger partial charge in [-0.15, -0.1) is 0 Å². The van der Waals surface area contributed by atoms with Gasteiger partial charge in [-0.05, 0) is 18.5 Å². The van der Waals surface area contributed by atoms with E-state index in [9.17, 15) is 34.6 Å². The summed E-state index contributed by atoms with van der Waals surface area (Å²) in [6.07, 6.45) is 0. The Labute approximate surface area is 146 Å². The fraction of sp³-hybridized carbons (Fsp3) is 0.133. The van der Waals surface area contributed by atoms with Gasteiger partial charge in [0.2, 0.25) is 0 Å². The van der Waals surface area contributed by atoms with E-state index in [1.807, 2.05) is 4.98 Å². The number of carbonyl (C=O) groups is 2. The van der Waals surface area contributed by atoms with Crippen LogP contribution in [0, 0.1) is 0 Å². The van der Waals surface area contributed by atoms with Crippen molar-refractivity contribution in [3.8, 4) is 16.9 Å². The summed E-state index contributed by atoms with van der Waals surface area (Å²) in [7, 11) is -1.91. The highest BCUT2D eigenvalue weighted by molar-refractivity contribution is 6.58. The summed E-state index contributed by atoms with van der Waals surface area (Å²) >= 11 is 0. The lowest BCUT2D eigenvalue weighted by Crippen LogP contribution is -2.30. The number of aromatic carboxylic acids is 2. The predicted octanol–water partition coefficient (Wildman–Crippen LogP) is -0.901. The second-order valence-corrected chi connectivity index (χ2v) is 5.17. The van der Waals surface area contributed by atoms with Crippen LogP contribution >= 0.6 is 0 Å². The van der Waals surface area contributed by atoms with Crippen molar-refractivity contribution < 1.29 is 34.6 Å². The SMILES string of the molecule is CCOc1ccc(B(O)O)cc1-c1c(C(=O)O)c(N)[nH]c(=O)c1C(=O)O. The number of aromatic amines is 1. The minimum absolute atomic E-state index is 0.0481. The van der Waals surface area contributed by atoms with Crippen LogP contribution in [0.2, 0.25) is 0 Å². The van der Waals surface area contributed by atoms with Crippen LogP contribution in [0.1, 0.15) is 27.6 Å². The number of carboxylic acids is 2. The van der Waals surface area contributed by atoms with E-state index < -0.39 is 47.1 Å². The molecule has 0 spiro atoms. The number of nitrogen functional groups attached to an aromatic ring is 1. The predicted molar refractivity (Wildman–Crippen MR) is 91.8 cm³/mol. The minimum Gasteiger partial charge on any atom is -0.493 e. The number of aromatic nitrogens is 1. The Bertz CT molecular complexity index is 938. The lowest BCUT2D eigenvalue weighted by atomic mass is 9.78. The summed E-state index contributed by atoms with van der Waals surface area (Å²) in [5.41, 5.74) is 2.30. The summed E-state index contributed by atoms with van der Waals surface area (Å²) in [6.45, 7) is 1.79. The average Bonchev–Trinajstić information content (AvgIpc) is 2.53. The Hall–Kier alpha value is -3.31. The number of nitrogens with one attached hydrogen (secondary N) is 1. The van der Waals surface area contributed by atoms with Crippen molar-refractivity contribution >= 4 is 30.3 Å². The van der Waals surface area contributed by atoms with Crippen LogP contribution in [0.5, 0.6) is 5.75 Å². The zero-order valence-electron chi connectivity index (χ0n) is 13.5. The van der Waals surface area contributed by atoms with Crippen molar-refractivity contribution in [2.45, 2.75) is 6.92 Å². The number of ether oxygens (including phenoxy) is 1. The van der Waals surface area contributed by atoms with E-state index in [1.165, 1.54) is 12.1 Å². The van der Waals surface area contributed by atoms with Crippen LogP contribution in [0.4, 0.5) is 5.82 Å². The van der Waals surface area contributed by atoms with Crippen LogP contribution in [0.15, 0.2) is 23.0 Å². The Kier molecular flexibility index (Phi) is 5.34. The molecule has 0 saturated heterocycles. The van der Waals surface area contributed by atoms with E-state index >= 15 is 0 Å². The number of benzene rings is 1. The van der Waals surface area contributed by atoms with E-state index in [2.05, 4.69) is 0 Å². The van der Waals surface area contributed by atoms with Crippen LogP contribution in [0.25, 0.3) is 11.1 Å². The van der Waals surface area contributed by atoms with Gasteiger partial charge < -0.3 is 35.7 Å². The van der Waals surface area contributed by atoms with Crippen LogP contribution < -0.4 is 21.5 Å². The molecule has 10 nitrogen and oxygen atoms in total. The molecule has 0 aliphatic heterocycles. The lowest BCUT2D eigenvalue weighted by Gasteiger charge is -2.16. The molecule has 2 aromatic rings. The van der Waals surface area contributed by atoms with Gasteiger partial charge in [0, 0.05) is 11.1 Å². The normalized spacial score (nSPS) is 10.4. The minimum atomic E-state index is -1.91. The first-order valence-corrected chi connectivity index (χ1v) is 7.34. The standard InChI is InChI=1S/C15H15BN2O8/c1-2-26-8-4-3-6(16(24)25)5-7(8)9-10(14(20)21)12(17)18-13(19)11(9)15(22)23/h3-5,24-25H,2H2,1H3,(H,20,21)(H,22,23)(H3,17,18,19). The third kappa shape index (κ3) is 3.39. The van der Waals surface area contributed by atoms with Crippen molar-refractivity contribution in [3.05, 3.63) is 39.7 Å². The fourth-order valence-electron chi connectivity index (χ4n) is 2.50. The molecule has 7 N–H and O–H groups in total. The number of H-pyrrole nitrogens is 1. The van der Waals surface area contributed by atoms with Crippen molar-refractivity contribution in [1.82, 2.24) is 4.98 Å². The monoisotopic (exact) mass is 362 g/mol. The van der Waals surface area contributed by atoms with E-state index in [-0.39, 0.29) is 23.4 Å². The molecule has 2 rings (SSSR count). The average molecular weight is 362 g/mol. The molecule has 1 aromatic heterocycles. The number of pyridine rings is 1. The van der Waals surface area contributed by atoms with E-state index in [4.69, 9.17) is 10.5 Å². The van der Waals surface area contributed by atoms with Crippen molar-refractivity contribution in [3.63, 3.8) is 0 Å². The maximum atomic E-state index is 12.1. The van der Waals surface area contributed by atoms with Gasteiger partial charge in [-0.25, -0.2) is 9.59 Å². The van der Waals surface area contributed by atoms with Crippen LogP contribution in [-0.2, 0) is 0 Å². The Morgan fingerprint density at radius 1 is 1.19 bits per heavy atom. The van der Waals surface area contributed by atoms with Gasteiger partial charge in [0.15, 0.2) is 0 Å². The second-order valence-electron chi connectivity index (χ2n) is 5.17. The number of carboxylic acid groups (broad SMARTS) is 2. The number of rotatable bonds is 6. The van der Waals surface area contributed by atoms with Gasteiger partial charge in [0.05, 0.1) is 6.61 Å². The highest BCUT2D eigenvalue weighted by atomic mass is 16.5. The Morgan fingerprint density at radius 3 is 2.31 bits per heavy atom. The van der Waals surface area contributed by atoms with Crippen LogP contribution in [-0.4, -0.2) is 50.9 Å². The van der Waals surface area contributed by atoms with Gasteiger partial charge in [-0.1, -0.05) is 12.1 Å². The quantitative estimate of drug-likeness (QED) is 0.354. The summed E-state index contributed by atoms with van der Waals surface area (Å²) in [5.74, 6) is -3.75. The molecular formula is C15H15BN2O8. The summed E-state index contributed by atoms with van der Waals surface area (Å²) in [6, 6.07) is 3.74. The van der Waals surface area contributed by atoms with Gasteiger partial charge in [0.1, 0.15) is 22.7 Å². The first-order chi connectivity index (χ1) is 12.2. The molecule has 1 heterocycles. The molecular weight excluding hydrogens is 347 g/mol. The smallest absolute Gasteiger partial charge is 0.488 e. The summed E-state index contributed by atoms with van der Waals surface area (Å²) in [4.78, 5) is 37.3. The van der Waals surface area contributed by atoms with Crippen molar-refractivity contribution in [1.29, 1.82) is 0 Å². The number of anilines is 1. The third-order valence-corrected chi connectivity index (χ3v) is 3.54. The molecule has 0 atom stereocenters.